The summed E-state index contributed by atoms with van der Waals surface area (Å²) in [4.78, 5) is 4.01. The highest BCUT2D eigenvalue weighted by atomic mass is 16.5. The van der Waals surface area contributed by atoms with Crippen molar-refractivity contribution in [2.24, 2.45) is 0 Å². The fraction of sp³-hybridized carbons (Fsp3) is 0.643. The Morgan fingerprint density at radius 1 is 1.18 bits per heavy atom. The molecule has 0 spiro atoms. The van der Waals surface area contributed by atoms with Crippen LogP contribution in [0.4, 0.5) is 0 Å². The first-order chi connectivity index (χ1) is 8.43. The molecule has 17 heavy (non-hydrogen) atoms. The predicted molar refractivity (Wildman–Crippen MR) is 71.4 cm³/mol. The molecule has 3 heteroatoms. The molecule has 3 nitrogen and oxygen atoms in total. The standard InChI is InChI=1S/C14H24N2O/c1-2-9-15-10-5-3-4-6-12-17-14-8-7-11-16-13-14/h7-8,11,13,15H,2-6,9-10,12H2,1H3. The molecule has 0 saturated carbocycles. The van der Waals surface area contributed by atoms with Gasteiger partial charge in [0.1, 0.15) is 5.75 Å². The van der Waals surface area contributed by atoms with Gasteiger partial charge in [0.05, 0.1) is 12.8 Å². The summed E-state index contributed by atoms with van der Waals surface area (Å²) in [7, 11) is 0. The number of ether oxygens (including phenoxy) is 1. The summed E-state index contributed by atoms with van der Waals surface area (Å²) in [6, 6.07) is 3.84. The minimum atomic E-state index is 0.800. The zero-order valence-electron chi connectivity index (χ0n) is 10.8. The van der Waals surface area contributed by atoms with Crippen molar-refractivity contribution in [3.05, 3.63) is 24.5 Å². The van der Waals surface area contributed by atoms with Gasteiger partial charge in [-0.1, -0.05) is 19.8 Å². The lowest BCUT2D eigenvalue weighted by Crippen LogP contribution is -2.15. The van der Waals surface area contributed by atoms with Crippen molar-refractivity contribution in [2.45, 2.75) is 39.0 Å². The smallest absolute Gasteiger partial charge is 0.137 e. The molecule has 1 rings (SSSR count). The van der Waals surface area contributed by atoms with E-state index in [0.717, 1.165) is 31.9 Å². The van der Waals surface area contributed by atoms with E-state index in [1.54, 1.807) is 12.4 Å². The summed E-state index contributed by atoms with van der Waals surface area (Å²) in [6.45, 7) is 5.29. The van der Waals surface area contributed by atoms with Crippen molar-refractivity contribution in [1.29, 1.82) is 0 Å². The number of aromatic nitrogens is 1. The minimum Gasteiger partial charge on any atom is -0.492 e. The Labute approximate surface area is 105 Å². The Kier molecular flexibility index (Phi) is 8.29. The topological polar surface area (TPSA) is 34.1 Å². The molecule has 0 atom stereocenters. The van der Waals surface area contributed by atoms with E-state index >= 15 is 0 Å². The van der Waals surface area contributed by atoms with Crippen molar-refractivity contribution < 1.29 is 4.74 Å². The molecule has 1 aromatic rings. The van der Waals surface area contributed by atoms with Gasteiger partial charge in [0.15, 0.2) is 0 Å². The van der Waals surface area contributed by atoms with E-state index in [1.165, 1.54) is 25.7 Å². The molecule has 0 bridgehead atoms. The van der Waals surface area contributed by atoms with Gasteiger partial charge in [-0.05, 0) is 44.5 Å². The van der Waals surface area contributed by atoms with Crippen LogP contribution in [0.25, 0.3) is 0 Å². The summed E-state index contributed by atoms with van der Waals surface area (Å²) in [5, 5.41) is 3.41. The summed E-state index contributed by atoms with van der Waals surface area (Å²) >= 11 is 0. The molecule has 0 aliphatic rings. The Balaban J connectivity index is 1.85. The number of hydrogen-bond donors (Lipinski definition) is 1. The van der Waals surface area contributed by atoms with Gasteiger partial charge in [0.25, 0.3) is 0 Å². The summed E-state index contributed by atoms with van der Waals surface area (Å²) < 4.78 is 5.57. The number of nitrogens with one attached hydrogen (secondary N) is 1. The van der Waals surface area contributed by atoms with Crippen LogP contribution in [-0.2, 0) is 0 Å². The molecule has 0 aliphatic carbocycles. The van der Waals surface area contributed by atoms with Crippen LogP contribution in [0.15, 0.2) is 24.5 Å². The van der Waals surface area contributed by atoms with Crippen molar-refractivity contribution in [1.82, 2.24) is 10.3 Å². The minimum absolute atomic E-state index is 0.800. The monoisotopic (exact) mass is 236 g/mol. The van der Waals surface area contributed by atoms with Crippen molar-refractivity contribution in [2.75, 3.05) is 19.7 Å². The lowest BCUT2D eigenvalue weighted by molar-refractivity contribution is 0.303. The van der Waals surface area contributed by atoms with Gasteiger partial charge in [-0.25, -0.2) is 0 Å². The van der Waals surface area contributed by atoms with E-state index in [4.69, 9.17) is 4.74 Å². The van der Waals surface area contributed by atoms with Crippen LogP contribution in [0.2, 0.25) is 0 Å². The Morgan fingerprint density at radius 3 is 2.82 bits per heavy atom. The normalized spacial score (nSPS) is 10.4. The summed E-state index contributed by atoms with van der Waals surface area (Å²) in [6.07, 6.45) is 9.67. The van der Waals surface area contributed by atoms with Crippen LogP contribution in [0.5, 0.6) is 5.75 Å². The third-order valence-corrected chi connectivity index (χ3v) is 2.58. The maximum Gasteiger partial charge on any atom is 0.137 e. The van der Waals surface area contributed by atoms with Crippen LogP contribution in [0, 0.1) is 0 Å². The molecular weight excluding hydrogens is 212 g/mol. The Morgan fingerprint density at radius 2 is 2.06 bits per heavy atom. The van der Waals surface area contributed by atoms with Crippen LogP contribution in [-0.4, -0.2) is 24.7 Å². The molecular formula is C14H24N2O. The average molecular weight is 236 g/mol. The molecule has 0 fully saturated rings. The van der Waals surface area contributed by atoms with Gasteiger partial charge in [-0.2, -0.15) is 0 Å². The van der Waals surface area contributed by atoms with E-state index in [1.807, 2.05) is 12.1 Å². The number of rotatable bonds is 10. The molecule has 0 radical (unpaired) electrons. The molecule has 1 heterocycles. The van der Waals surface area contributed by atoms with E-state index in [0.29, 0.717) is 0 Å². The third kappa shape index (κ3) is 7.75. The lowest BCUT2D eigenvalue weighted by Gasteiger charge is -2.05. The largest absolute Gasteiger partial charge is 0.492 e. The zero-order valence-corrected chi connectivity index (χ0v) is 10.8. The number of hydrogen-bond acceptors (Lipinski definition) is 3. The lowest BCUT2D eigenvalue weighted by atomic mass is 10.2. The van der Waals surface area contributed by atoms with Gasteiger partial charge < -0.3 is 10.1 Å². The molecule has 1 aromatic heterocycles. The van der Waals surface area contributed by atoms with Gasteiger partial charge in [-0.15, -0.1) is 0 Å². The first-order valence-electron chi connectivity index (χ1n) is 6.67. The van der Waals surface area contributed by atoms with E-state index in [9.17, 15) is 0 Å². The third-order valence-electron chi connectivity index (χ3n) is 2.58. The second-order valence-corrected chi connectivity index (χ2v) is 4.20. The van der Waals surface area contributed by atoms with Gasteiger partial charge in [-0.3, -0.25) is 4.98 Å². The fourth-order valence-electron chi connectivity index (χ4n) is 1.63. The maximum atomic E-state index is 5.57. The Bertz CT molecular complexity index is 264. The molecule has 1 N–H and O–H groups in total. The first-order valence-corrected chi connectivity index (χ1v) is 6.67. The summed E-state index contributed by atoms with van der Waals surface area (Å²) in [5.74, 6) is 0.872. The molecule has 0 amide bonds. The van der Waals surface area contributed by atoms with Crippen molar-refractivity contribution in [3.8, 4) is 5.75 Å². The highest BCUT2D eigenvalue weighted by molar-refractivity contribution is 5.15. The van der Waals surface area contributed by atoms with Crippen LogP contribution < -0.4 is 10.1 Å². The van der Waals surface area contributed by atoms with Crippen LogP contribution in [0.1, 0.15) is 39.0 Å². The quantitative estimate of drug-likeness (QED) is 0.634. The van der Waals surface area contributed by atoms with E-state index in [2.05, 4.69) is 17.2 Å². The second kappa shape index (κ2) is 10.1. The molecule has 0 saturated heterocycles. The fourth-order valence-corrected chi connectivity index (χ4v) is 1.63. The van der Waals surface area contributed by atoms with E-state index in [-0.39, 0.29) is 0 Å². The highest BCUT2D eigenvalue weighted by Crippen LogP contribution is 2.07. The molecule has 0 aromatic carbocycles. The van der Waals surface area contributed by atoms with E-state index < -0.39 is 0 Å². The van der Waals surface area contributed by atoms with Gasteiger partial charge >= 0.3 is 0 Å². The maximum absolute atomic E-state index is 5.57. The Hall–Kier alpha value is -1.09. The van der Waals surface area contributed by atoms with Gasteiger partial charge in [0, 0.05) is 6.20 Å². The molecule has 0 aliphatic heterocycles. The predicted octanol–water partition coefficient (Wildman–Crippen LogP) is 3.02. The second-order valence-electron chi connectivity index (χ2n) is 4.20. The van der Waals surface area contributed by atoms with Crippen molar-refractivity contribution in [3.63, 3.8) is 0 Å². The zero-order chi connectivity index (χ0) is 12.2. The molecule has 96 valence electrons. The van der Waals surface area contributed by atoms with Gasteiger partial charge in [0.2, 0.25) is 0 Å². The highest BCUT2D eigenvalue weighted by Gasteiger charge is 1.93. The first kappa shape index (κ1) is 14.0. The SMILES string of the molecule is CCCNCCCCCCOc1cccnc1. The van der Waals surface area contributed by atoms with Crippen LogP contribution in [0.3, 0.4) is 0 Å². The summed E-state index contributed by atoms with van der Waals surface area (Å²) in [5.41, 5.74) is 0. The molecule has 0 unspecified atom stereocenters. The van der Waals surface area contributed by atoms with Crippen LogP contribution >= 0.6 is 0 Å². The average Bonchev–Trinajstić information content (AvgIpc) is 2.38. The van der Waals surface area contributed by atoms with Crippen molar-refractivity contribution >= 4 is 0 Å². The number of pyridine rings is 1. The number of unbranched alkanes of at least 4 members (excludes halogenated alkanes) is 3. The number of nitrogens with zero attached hydrogens (tertiary/aromatic N) is 1.